The second-order valence-corrected chi connectivity index (χ2v) is 10.9. The van der Waals surface area contributed by atoms with E-state index in [1.807, 2.05) is 0 Å². The molecule has 0 heterocycles. The number of fused-ring (bicyclic) bond motifs is 5. The largest absolute Gasteiger partial charge is 0.466 e. The normalized spacial score (nSPS) is 44.9. The first kappa shape index (κ1) is 21.9. The Bertz CT molecular complexity index is 744. The summed E-state index contributed by atoms with van der Waals surface area (Å²) in [6.45, 7) is 7.96. The molecule has 0 spiro atoms. The van der Waals surface area contributed by atoms with E-state index in [0.29, 0.717) is 30.8 Å². The van der Waals surface area contributed by atoms with E-state index in [1.54, 1.807) is 0 Å². The number of ether oxygens (including phenoxy) is 2. The highest BCUT2D eigenvalue weighted by Gasteiger charge is 2.63. The van der Waals surface area contributed by atoms with Crippen LogP contribution < -0.4 is 0 Å². The highest BCUT2D eigenvalue weighted by molar-refractivity contribution is 5.66. The summed E-state index contributed by atoms with van der Waals surface area (Å²) in [5.74, 6) is 1.31. The monoisotopic (exact) mass is 418 g/mol. The van der Waals surface area contributed by atoms with Crippen LogP contribution in [0.2, 0.25) is 0 Å². The molecular weight excluding hydrogens is 380 g/mol. The summed E-state index contributed by atoms with van der Waals surface area (Å²) in [5, 5.41) is 11.6. The number of esters is 2. The lowest BCUT2D eigenvalue weighted by Gasteiger charge is -2.59. The number of carbonyl (C=O) groups is 2. The van der Waals surface area contributed by atoms with Gasteiger partial charge < -0.3 is 14.6 Å². The highest BCUT2D eigenvalue weighted by Crippen LogP contribution is 2.67. The van der Waals surface area contributed by atoms with Crippen LogP contribution in [0, 0.1) is 28.6 Å². The number of rotatable bonds is 4. The van der Waals surface area contributed by atoms with Gasteiger partial charge in [-0.1, -0.05) is 25.5 Å². The van der Waals surface area contributed by atoms with Gasteiger partial charge in [0.1, 0.15) is 6.10 Å². The third kappa shape index (κ3) is 3.41. The van der Waals surface area contributed by atoms with Crippen LogP contribution in [0.3, 0.4) is 0 Å². The summed E-state index contributed by atoms with van der Waals surface area (Å²) in [6, 6.07) is 0. The summed E-state index contributed by atoms with van der Waals surface area (Å²) in [5.41, 5.74) is 0.841. The minimum absolute atomic E-state index is 0.0325. The molecule has 0 amide bonds. The second-order valence-electron chi connectivity index (χ2n) is 10.9. The molecule has 4 aliphatic carbocycles. The fourth-order valence-electron chi connectivity index (χ4n) is 7.85. The molecule has 30 heavy (non-hydrogen) atoms. The molecule has 0 aromatic carbocycles. The first-order valence-electron chi connectivity index (χ1n) is 11.8. The quantitative estimate of drug-likeness (QED) is 0.535. The van der Waals surface area contributed by atoms with Crippen molar-refractivity contribution in [2.75, 3.05) is 6.61 Å². The van der Waals surface area contributed by atoms with Crippen molar-refractivity contribution in [3.63, 3.8) is 0 Å². The average Bonchev–Trinajstić information content (AvgIpc) is 2.93. The molecule has 3 fully saturated rings. The van der Waals surface area contributed by atoms with E-state index in [1.165, 1.54) is 19.4 Å². The standard InChI is InChI=1S/C25H38O5/c1-16(26)29-14-13-25(28)12-9-22-20-6-5-18-15-19(30-17(2)27)7-10-23(18,3)21(20)8-11-24(22,25)4/h5,19-22,28H,6-15H2,1-4H3/t19-,20-,21+,22+,23+,24+,25+/m1/s1. The van der Waals surface area contributed by atoms with Gasteiger partial charge in [-0.25, -0.2) is 0 Å². The predicted molar refractivity (Wildman–Crippen MR) is 113 cm³/mol. The van der Waals surface area contributed by atoms with Gasteiger partial charge in [0.05, 0.1) is 12.2 Å². The molecule has 3 saturated carbocycles. The molecule has 0 unspecified atom stereocenters. The smallest absolute Gasteiger partial charge is 0.302 e. The number of aliphatic hydroxyl groups is 1. The Balaban J connectivity index is 1.52. The van der Waals surface area contributed by atoms with Gasteiger partial charge in [0.25, 0.3) is 0 Å². The van der Waals surface area contributed by atoms with E-state index in [9.17, 15) is 14.7 Å². The van der Waals surface area contributed by atoms with Gasteiger partial charge >= 0.3 is 11.9 Å². The Morgan fingerprint density at radius 3 is 2.50 bits per heavy atom. The fourth-order valence-corrected chi connectivity index (χ4v) is 7.85. The molecule has 7 atom stereocenters. The average molecular weight is 419 g/mol. The molecular formula is C25H38O5. The Kier molecular flexibility index (Phi) is 5.57. The predicted octanol–water partition coefficient (Wildman–Crippen LogP) is 4.57. The van der Waals surface area contributed by atoms with Gasteiger partial charge in [0.2, 0.25) is 0 Å². The molecule has 4 rings (SSSR count). The number of hydrogen-bond donors (Lipinski definition) is 1. The zero-order valence-corrected chi connectivity index (χ0v) is 19.0. The zero-order valence-electron chi connectivity index (χ0n) is 19.0. The van der Waals surface area contributed by atoms with Crippen molar-refractivity contribution in [1.82, 2.24) is 0 Å². The summed E-state index contributed by atoms with van der Waals surface area (Å²) in [7, 11) is 0. The molecule has 5 heteroatoms. The summed E-state index contributed by atoms with van der Waals surface area (Å²) >= 11 is 0. The Hall–Kier alpha value is -1.36. The van der Waals surface area contributed by atoms with Gasteiger partial charge in [-0.15, -0.1) is 0 Å². The number of allylic oxidation sites excluding steroid dienone is 1. The summed E-state index contributed by atoms with van der Waals surface area (Å²) in [4.78, 5) is 22.6. The van der Waals surface area contributed by atoms with Crippen molar-refractivity contribution in [3.05, 3.63) is 11.6 Å². The molecule has 4 aliphatic rings. The second kappa shape index (κ2) is 7.65. The van der Waals surface area contributed by atoms with E-state index in [0.717, 1.165) is 51.4 Å². The third-order valence-corrected chi connectivity index (χ3v) is 9.53. The molecule has 5 nitrogen and oxygen atoms in total. The Morgan fingerprint density at radius 1 is 1.07 bits per heavy atom. The van der Waals surface area contributed by atoms with Crippen LogP contribution in [0.25, 0.3) is 0 Å². The molecule has 0 saturated heterocycles. The van der Waals surface area contributed by atoms with Crippen LogP contribution in [0.5, 0.6) is 0 Å². The maximum Gasteiger partial charge on any atom is 0.302 e. The van der Waals surface area contributed by atoms with Crippen LogP contribution in [0.1, 0.15) is 85.5 Å². The zero-order chi connectivity index (χ0) is 21.7. The maximum atomic E-state index is 11.6. The summed E-state index contributed by atoms with van der Waals surface area (Å²) < 4.78 is 10.7. The van der Waals surface area contributed by atoms with Crippen LogP contribution in [-0.4, -0.2) is 35.4 Å². The molecule has 0 radical (unpaired) electrons. The topological polar surface area (TPSA) is 72.8 Å². The molecule has 1 N–H and O–H groups in total. The fraction of sp³-hybridized carbons (Fsp3) is 0.840. The minimum Gasteiger partial charge on any atom is -0.466 e. The summed E-state index contributed by atoms with van der Waals surface area (Å²) in [6.07, 6.45) is 11.0. The lowest BCUT2D eigenvalue weighted by Crippen LogP contribution is -2.55. The first-order chi connectivity index (χ1) is 14.1. The van der Waals surface area contributed by atoms with Gasteiger partial charge in [0, 0.05) is 26.7 Å². The highest BCUT2D eigenvalue weighted by atomic mass is 16.5. The van der Waals surface area contributed by atoms with Crippen molar-refractivity contribution < 1.29 is 24.2 Å². The van der Waals surface area contributed by atoms with Gasteiger partial charge in [0.15, 0.2) is 0 Å². The van der Waals surface area contributed by atoms with Crippen molar-refractivity contribution >= 4 is 11.9 Å². The molecule has 0 aromatic heterocycles. The van der Waals surface area contributed by atoms with Gasteiger partial charge in [-0.2, -0.15) is 0 Å². The van der Waals surface area contributed by atoms with Crippen molar-refractivity contribution in [2.24, 2.45) is 28.6 Å². The van der Waals surface area contributed by atoms with Crippen molar-refractivity contribution in [1.29, 1.82) is 0 Å². The lowest BCUT2D eigenvalue weighted by molar-refractivity contribution is -0.152. The Morgan fingerprint density at radius 2 is 1.80 bits per heavy atom. The molecule has 168 valence electrons. The molecule has 0 bridgehead atoms. The lowest BCUT2D eigenvalue weighted by atomic mass is 9.47. The number of hydrogen-bond acceptors (Lipinski definition) is 5. The van der Waals surface area contributed by atoms with Crippen molar-refractivity contribution in [3.8, 4) is 0 Å². The van der Waals surface area contributed by atoms with Gasteiger partial charge in [-0.05, 0) is 73.5 Å². The van der Waals surface area contributed by atoms with E-state index in [-0.39, 0.29) is 28.9 Å². The minimum atomic E-state index is -0.740. The van der Waals surface area contributed by atoms with Gasteiger partial charge in [-0.3, -0.25) is 9.59 Å². The van der Waals surface area contributed by atoms with Crippen LogP contribution >= 0.6 is 0 Å². The maximum absolute atomic E-state index is 11.6. The van der Waals surface area contributed by atoms with Crippen molar-refractivity contribution in [2.45, 2.75) is 97.2 Å². The van der Waals surface area contributed by atoms with E-state index < -0.39 is 5.60 Å². The molecule has 0 aliphatic heterocycles. The SMILES string of the molecule is CC(=O)OCC[C@@]1(O)CC[C@H]2[C@@H]3CC=C4C[C@H](OC(C)=O)CC[C@]4(C)[C@H]3CC[C@@]21C. The van der Waals surface area contributed by atoms with E-state index in [2.05, 4.69) is 19.9 Å². The van der Waals surface area contributed by atoms with E-state index >= 15 is 0 Å². The third-order valence-electron chi connectivity index (χ3n) is 9.53. The van der Waals surface area contributed by atoms with Crippen LogP contribution in [0.4, 0.5) is 0 Å². The molecule has 0 aromatic rings. The Labute approximate surface area is 180 Å². The van der Waals surface area contributed by atoms with Crippen LogP contribution in [-0.2, 0) is 19.1 Å². The van der Waals surface area contributed by atoms with Crippen LogP contribution in [0.15, 0.2) is 11.6 Å². The number of carbonyl (C=O) groups excluding carboxylic acids is 2. The van der Waals surface area contributed by atoms with E-state index in [4.69, 9.17) is 9.47 Å². The first-order valence-corrected chi connectivity index (χ1v) is 11.8.